The summed E-state index contributed by atoms with van der Waals surface area (Å²) in [5.74, 6) is 0.586. The van der Waals surface area contributed by atoms with E-state index in [1.54, 1.807) is 0 Å². The van der Waals surface area contributed by atoms with E-state index in [0.29, 0.717) is 12.0 Å². The van der Waals surface area contributed by atoms with E-state index in [-0.39, 0.29) is 0 Å². The van der Waals surface area contributed by atoms with E-state index in [2.05, 4.69) is 18.8 Å². The van der Waals surface area contributed by atoms with E-state index in [1.807, 2.05) is 18.2 Å². The Kier molecular flexibility index (Phi) is 2.71. The molecule has 0 fully saturated rings. The largest absolute Gasteiger partial charge is 0.399 e. The molecule has 80 valence electrons. The highest BCUT2D eigenvalue weighted by Crippen LogP contribution is 2.12. The molecule has 0 bridgehead atoms. The van der Waals surface area contributed by atoms with Gasteiger partial charge in [-0.1, -0.05) is 20.3 Å². The number of nitrogens with zero attached hydrogens (tertiary/aromatic N) is 2. The van der Waals surface area contributed by atoms with Crippen molar-refractivity contribution in [2.45, 2.75) is 26.3 Å². The van der Waals surface area contributed by atoms with E-state index in [0.717, 1.165) is 29.4 Å². The number of nitrogen functional groups attached to an aromatic ring is 1. The quantitative estimate of drug-likeness (QED) is 0.714. The van der Waals surface area contributed by atoms with Crippen LogP contribution in [0, 0.1) is 5.92 Å². The zero-order valence-corrected chi connectivity index (χ0v) is 9.27. The number of hydrogen-bond acceptors (Lipinski definition) is 3. The summed E-state index contributed by atoms with van der Waals surface area (Å²) in [6, 6.07) is 6.06. The molecule has 2 N–H and O–H groups in total. The van der Waals surface area contributed by atoms with Gasteiger partial charge in [-0.05, 0) is 24.1 Å². The Hall–Kier alpha value is -1.38. The molecule has 2 unspecified atom stereocenters. The summed E-state index contributed by atoms with van der Waals surface area (Å²) in [5, 5.41) is 1.93. The van der Waals surface area contributed by atoms with Crippen molar-refractivity contribution < 1.29 is 0 Å². The van der Waals surface area contributed by atoms with Crippen LogP contribution in [0.4, 0.5) is 5.69 Å². The van der Waals surface area contributed by atoms with E-state index < -0.39 is 0 Å². The molecule has 1 aromatic rings. The zero-order valence-electron chi connectivity index (χ0n) is 9.27. The van der Waals surface area contributed by atoms with Gasteiger partial charge in [-0.15, -0.1) is 0 Å². The smallest absolute Gasteiger partial charge is 0.0851 e. The first-order valence-corrected chi connectivity index (χ1v) is 5.48. The van der Waals surface area contributed by atoms with Crippen LogP contribution in [0.5, 0.6) is 0 Å². The van der Waals surface area contributed by atoms with Gasteiger partial charge in [-0.3, -0.25) is 9.98 Å². The van der Waals surface area contributed by atoms with Gasteiger partial charge >= 0.3 is 0 Å². The van der Waals surface area contributed by atoms with Crippen molar-refractivity contribution in [3.8, 4) is 0 Å². The highest BCUT2D eigenvalue weighted by atomic mass is 14.9. The van der Waals surface area contributed by atoms with Crippen molar-refractivity contribution in [1.82, 2.24) is 0 Å². The van der Waals surface area contributed by atoms with E-state index in [4.69, 9.17) is 10.7 Å². The van der Waals surface area contributed by atoms with E-state index in [9.17, 15) is 0 Å². The topological polar surface area (TPSA) is 50.7 Å². The highest BCUT2D eigenvalue weighted by Gasteiger charge is 2.15. The molecule has 15 heavy (non-hydrogen) atoms. The highest BCUT2D eigenvalue weighted by molar-refractivity contribution is 5.36. The summed E-state index contributed by atoms with van der Waals surface area (Å²) in [6.07, 6.45) is 1.14. The molecule has 0 radical (unpaired) electrons. The van der Waals surface area contributed by atoms with Crippen LogP contribution in [0.3, 0.4) is 0 Å². The molecule has 1 aliphatic heterocycles. The van der Waals surface area contributed by atoms with Crippen molar-refractivity contribution in [1.29, 1.82) is 0 Å². The Bertz CT molecular complexity index is 464. The molecule has 3 nitrogen and oxygen atoms in total. The fraction of sp³-hybridized carbons (Fsp3) is 0.500. The van der Waals surface area contributed by atoms with Gasteiger partial charge in [0.1, 0.15) is 0 Å². The van der Waals surface area contributed by atoms with Gasteiger partial charge in [0.25, 0.3) is 0 Å². The predicted octanol–water partition coefficient (Wildman–Crippen LogP) is 0.936. The third-order valence-electron chi connectivity index (χ3n) is 3.05. The van der Waals surface area contributed by atoms with Gasteiger partial charge < -0.3 is 5.73 Å². The normalized spacial score (nSPS) is 21.1. The van der Waals surface area contributed by atoms with Gasteiger partial charge in [0.05, 0.1) is 23.3 Å². The van der Waals surface area contributed by atoms with Crippen LogP contribution in [0.15, 0.2) is 28.2 Å². The van der Waals surface area contributed by atoms with E-state index in [1.165, 1.54) is 0 Å². The van der Waals surface area contributed by atoms with Gasteiger partial charge in [0.15, 0.2) is 0 Å². The average Bonchev–Trinajstić information content (AvgIpc) is 2.27. The number of nitrogens with two attached hydrogens (primary N) is 1. The molecular weight excluding hydrogens is 186 g/mol. The van der Waals surface area contributed by atoms with Crippen molar-refractivity contribution in [2.24, 2.45) is 15.9 Å². The molecule has 1 heterocycles. The lowest BCUT2D eigenvalue weighted by Gasteiger charge is -2.19. The molecule has 2 rings (SSSR count). The summed E-state index contributed by atoms with van der Waals surface area (Å²) in [5.41, 5.74) is 6.50. The minimum absolute atomic E-state index is 0.323. The summed E-state index contributed by atoms with van der Waals surface area (Å²) in [7, 11) is 0. The van der Waals surface area contributed by atoms with Gasteiger partial charge in [-0.2, -0.15) is 0 Å². The van der Waals surface area contributed by atoms with E-state index >= 15 is 0 Å². The Morgan fingerprint density at radius 3 is 3.00 bits per heavy atom. The van der Waals surface area contributed by atoms with Crippen LogP contribution in [-0.2, 0) is 0 Å². The SMILES string of the molecule is CCC(C)C1CN=c2ccc(N)cc2=N1. The molecule has 0 saturated carbocycles. The van der Waals surface area contributed by atoms with Gasteiger partial charge in [-0.25, -0.2) is 0 Å². The summed E-state index contributed by atoms with van der Waals surface area (Å²) in [4.78, 5) is 9.24. The molecule has 1 aliphatic rings. The predicted molar refractivity (Wildman–Crippen MR) is 61.3 cm³/mol. The molecule has 1 aromatic carbocycles. The molecule has 0 saturated heterocycles. The first-order valence-electron chi connectivity index (χ1n) is 5.48. The molecule has 2 atom stereocenters. The lowest BCUT2D eigenvalue weighted by atomic mass is 9.99. The second-order valence-corrected chi connectivity index (χ2v) is 4.17. The minimum atomic E-state index is 0.323. The fourth-order valence-electron chi connectivity index (χ4n) is 1.77. The maximum atomic E-state index is 5.73. The Balaban J connectivity index is 2.43. The number of fused-ring (bicyclic) bond motifs is 1. The van der Waals surface area contributed by atoms with Crippen LogP contribution < -0.4 is 16.4 Å². The van der Waals surface area contributed by atoms with Crippen molar-refractivity contribution in [2.75, 3.05) is 12.3 Å². The first-order chi connectivity index (χ1) is 7.20. The zero-order chi connectivity index (χ0) is 10.8. The molecule has 0 aliphatic carbocycles. The van der Waals surface area contributed by atoms with Crippen molar-refractivity contribution in [3.05, 3.63) is 28.9 Å². The lowest BCUT2D eigenvalue weighted by Crippen LogP contribution is -2.36. The molecule has 0 aromatic heterocycles. The van der Waals surface area contributed by atoms with Crippen LogP contribution in [0.2, 0.25) is 0 Å². The number of hydrogen-bond donors (Lipinski definition) is 1. The van der Waals surface area contributed by atoms with Crippen molar-refractivity contribution >= 4 is 5.69 Å². The second kappa shape index (κ2) is 4.01. The monoisotopic (exact) mass is 203 g/mol. The Morgan fingerprint density at radius 1 is 1.47 bits per heavy atom. The molecule has 0 spiro atoms. The summed E-state index contributed by atoms with van der Waals surface area (Å²) >= 11 is 0. The van der Waals surface area contributed by atoms with Crippen LogP contribution in [0.25, 0.3) is 0 Å². The third kappa shape index (κ3) is 2.01. The lowest BCUT2D eigenvalue weighted by molar-refractivity contribution is 0.435. The van der Waals surface area contributed by atoms with Gasteiger partial charge in [0, 0.05) is 5.69 Å². The van der Waals surface area contributed by atoms with Gasteiger partial charge in [0.2, 0.25) is 0 Å². The number of benzene rings is 1. The molecular formula is C12H17N3. The minimum Gasteiger partial charge on any atom is -0.399 e. The maximum Gasteiger partial charge on any atom is 0.0851 e. The average molecular weight is 203 g/mol. The maximum absolute atomic E-state index is 5.73. The molecule has 0 amide bonds. The number of rotatable bonds is 2. The fourth-order valence-corrected chi connectivity index (χ4v) is 1.77. The number of anilines is 1. The Morgan fingerprint density at radius 2 is 2.27 bits per heavy atom. The van der Waals surface area contributed by atoms with Crippen molar-refractivity contribution in [3.63, 3.8) is 0 Å². The first kappa shape index (κ1) is 10.1. The van der Waals surface area contributed by atoms with Crippen LogP contribution >= 0.6 is 0 Å². The standard InChI is InChI=1S/C12H17N3/c1-3-8(2)12-7-14-10-5-4-9(13)6-11(10)15-12/h4-6,8,12H,3,7,13H2,1-2H3. The second-order valence-electron chi connectivity index (χ2n) is 4.17. The Labute approximate surface area is 89.7 Å². The van der Waals surface area contributed by atoms with Crippen LogP contribution in [-0.4, -0.2) is 12.6 Å². The third-order valence-corrected chi connectivity index (χ3v) is 3.05. The summed E-state index contributed by atoms with van der Waals surface area (Å²) in [6.45, 7) is 5.22. The molecule has 3 heteroatoms. The summed E-state index contributed by atoms with van der Waals surface area (Å²) < 4.78 is 0. The van der Waals surface area contributed by atoms with Crippen LogP contribution in [0.1, 0.15) is 20.3 Å².